The first-order valence-corrected chi connectivity index (χ1v) is 12.0. The van der Waals surface area contributed by atoms with Gasteiger partial charge in [0.15, 0.2) is 0 Å². The summed E-state index contributed by atoms with van der Waals surface area (Å²) in [5, 5.41) is 12.0. The number of hydrogen-bond acceptors (Lipinski definition) is 6. The van der Waals surface area contributed by atoms with Crippen LogP contribution >= 0.6 is 0 Å². The maximum atomic E-state index is 14.0. The van der Waals surface area contributed by atoms with Crippen LogP contribution in [-0.2, 0) is 10.0 Å². The van der Waals surface area contributed by atoms with E-state index >= 15 is 0 Å². The number of sulfonamides is 1. The van der Waals surface area contributed by atoms with Gasteiger partial charge in [0.2, 0.25) is 10.0 Å². The number of carboxylic acid groups (broad SMARTS) is 1. The third-order valence-corrected chi connectivity index (χ3v) is 7.44. The van der Waals surface area contributed by atoms with E-state index in [-0.39, 0.29) is 24.7 Å². The lowest BCUT2D eigenvalue weighted by molar-refractivity contribution is 0.136. The number of benzene rings is 1. The molecular weight excluding hydrogens is 451 g/mol. The van der Waals surface area contributed by atoms with Crippen molar-refractivity contribution in [3.8, 4) is 5.75 Å². The summed E-state index contributed by atoms with van der Waals surface area (Å²) in [5.41, 5.74) is 0.695. The van der Waals surface area contributed by atoms with Gasteiger partial charge in [0, 0.05) is 37.1 Å². The SMILES string of the molecule is O=C(O)NC(CS(=O)(=O)N1CCC(Oc2ccnc3c(F)cccc23)CC1)c1cccnc1. The van der Waals surface area contributed by atoms with Crippen LogP contribution in [0.1, 0.15) is 24.4 Å². The molecule has 0 spiro atoms. The second-order valence-electron chi connectivity index (χ2n) is 7.73. The number of piperidine rings is 1. The quantitative estimate of drug-likeness (QED) is 0.540. The molecule has 11 heteroatoms. The van der Waals surface area contributed by atoms with E-state index in [1.165, 1.54) is 29.0 Å². The molecule has 0 saturated carbocycles. The summed E-state index contributed by atoms with van der Waals surface area (Å²) in [6, 6.07) is 8.63. The van der Waals surface area contributed by atoms with Crippen molar-refractivity contribution in [3.05, 3.63) is 66.4 Å². The molecule has 0 aliphatic carbocycles. The number of pyridine rings is 2. The van der Waals surface area contributed by atoms with Crippen LogP contribution < -0.4 is 10.1 Å². The second kappa shape index (κ2) is 9.67. The van der Waals surface area contributed by atoms with Gasteiger partial charge in [0.1, 0.15) is 23.2 Å². The highest BCUT2D eigenvalue weighted by Crippen LogP contribution is 2.29. The Balaban J connectivity index is 1.42. The predicted molar refractivity (Wildman–Crippen MR) is 119 cm³/mol. The van der Waals surface area contributed by atoms with Crippen molar-refractivity contribution in [3.63, 3.8) is 0 Å². The number of carbonyl (C=O) groups is 1. The first-order valence-electron chi connectivity index (χ1n) is 10.4. The minimum absolute atomic E-state index is 0.224. The number of ether oxygens (including phenoxy) is 1. The number of aromatic nitrogens is 2. The molecule has 3 aromatic rings. The van der Waals surface area contributed by atoms with E-state index in [0.29, 0.717) is 29.5 Å². The largest absolute Gasteiger partial charge is 0.490 e. The normalized spacial score (nSPS) is 16.4. The minimum Gasteiger partial charge on any atom is -0.490 e. The number of nitrogens with one attached hydrogen (secondary N) is 1. The molecule has 0 radical (unpaired) electrons. The van der Waals surface area contributed by atoms with Gasteiger partial charge in [-0.2, -0.15) is 0 Å². The van der Waals surface area contributed by atoms with Crippen molar-refractivity contribution in [1.29, 1.82) is 0 Å². The van der Waals surface area contributed by atoms with Gasteiger partial charge in [0.05, 0.1) is 11.8 Å². The molecule has 174 valence electrons. The number of rotatable bonds is 7. The topological polar surface area (TPSA) is 122 Å². The third kappa shape index (κ3) is 5.37. The maximum Gasteiger partial charge on any atom is 0.405 e. The summed E-state index contributed by atoms with van der Waals surface area (Å²) < 4.78 is 47.4. The summed E-state index contributed by atoms with van der Waals surface area (Å²) in [6.07, 6.45) is 3.79. The fraction of sp³-hybridized carbons (Fsp3) is 0.318. The van der Waals surface area contributed by atoms with Gasteiger partial charge >= 0.3 is 6.09 Å². The number of amides is 1. The Bertz CT molecular complexity index is 1230. The molecule has 1 fully saturated rings. The van der Waals surface area contributed by atoms with Crippen LogP contribution in [0.15, 0.2) is 55.0 Å². The van der Waals surface area contributed by atoms with Gasteiger partial charge in [-0.25, -0.2) is 21.9 Å². The van der Waals surface area contributed by atoms with Crippen molar-refractivity contribution >= 4 is 27.0 Å². The summed E-state index contributed by atoms with van der Waals surface area (Å²) in [5.74, 6) is -0.342. The van der Waals surface area contributed by atoms with Crippen molar-refractivity contribution in [2.75, 3.05) is 18.8 Å². The number of para-hydroxylation sites is 1. The molecule has 1 aliphatic rings. The Morgan fingerprint density at radius 3 is 2.70 bits per heavy atom. The van der Waals surface area contributed by atoms with Gasteiger partial charge in [-0.05, 0) is 42.7 Å². The number of fused-ring (bicyclic) bond motifs is 1. The summed E-state index contributed by atoms with van der Waals surface area (Å²) in [4.78, 5) is 19.2. The molecule has 1 atom stereocenters. The van der Waals surface area contributed by atoms with Gasteiger partial charge in [-0.15, -0.1) is 0 Å². The highest BCUT2D eigenvalue weighted by molar-refractivity contribution is 7.89. The van der Waals surface area contributed by atoms with E-state index < -0.39 is 33.7 Å². The lowest BCUT2D eigenvalue weighted by Crippen LogP contribution is -2.45. The van der Waals surface area contributed by atoms with E-state index in [1.807, 2.05) is 0 Å². The van der Waals surface area contributed by atoms with E-state index in [2.05, 4.69) is 15.3 Å². The molecule has 0 bridgehead atoms. The molecular formula is C22H23FN4O5S. The first kappa shape index (κ1) is 22.9. The standard InChI is InChI=1S/C22H23FN4O5S/c23-18-5-1-4-17-20(6-10-25-21(17)18)32-16-7-11-27(12-8-16)33(30,31)14-19(26-22(28)29)15-3-2-9-24-13-15/h1-6,9-10,13,16,19,26H,7-8,11-12,14H2,(H,28,29). The predicted octanol–water partition coefficient (Wildman–Crippen LogP) is 2.95. The molecule has 2 N–H and O–H groups in total. The van der Waals surface area contributed by atoms with Crippen molar-refractivity contribution in [2.24, 2.45) is 0 Å². The van der Waals surface area contributed by atoms with Gasteiger partial charge in [0.25, 0.3) is 0 Å². The van der Waals surface area contributed by atoms with E-state index in [0.717, 1.165) is 0 Å². The molecule has 1 aromatic carbocycles. The molecule has 4 rings (SSSR count). The molecule has 1 saturated heterocycles. The Hall–Kier alpha value is -3.31. The molecule has 2 aromatic heterocycles. The fourth-order valence-electron chi connectivity index (χ4n) is 3.89. The van der Waals surface area contributed by atoms with Crippen LogP contribution in [0.25, 0.3) is 10.9 Å². The number of halogens is 1. The van der Waals surface area contributed by atoms with E-state index in [1.54, 1.807) is 30.3 Å². The van der Waals surface area contributed by atoms with Crippen molar-refractivity contribution in [1.82, 2.24) is 19.6 Å². The van der Waals surface area contributed by atoms with E-state index in [9.17, 15) is 17.6 Å². The fourth-order valence-corrected chi connectivity index (χ4v) is 5.57. The van der Waals surface area contributed by atoms with E-state index in [4.69, 9.17) is 9.84 Å². The zero-order valence-electron chi connectivity index (χ0n) is 17.6. The highest BCUT2D eigenvalue weighted by Gasteiger charge is 2.32. The lowest BCUT2D eigenvalue weighted by Gasteiger charge is -2.32. The Kier molecular flexibility index (Phi) is 6.70. The Labute approximate surface area is 190 Å². The molecule has 33 heavy (non-hydrogen) atoms. The minimum atomic E-state index is -3.75. The molecule has 9 nitrogen and oxygen atoms in total. The summed E-state index contributed by atoms with van der Waals surface area (Å²) in [7, 11) is -3.75. The van der Waals surface area contributed by atoms with Crippen LogP contribution in [0, 0.1) is 5.82 Å². The zero-order chi connectivity index (χ0) is 23.4. The summed E-state index contributed by atoms with van der Waals surface area (Å²) in [6.45, 7) is 0.467. The van der Waals surface area contributed by atoms with Crippen LogP contribution in [0.3, 0.4) is 0 Å². The average Bonchev–Trinajstić information content (AvgIpc) is 2.80. The molecule has 1 aliphatic heterocycles. The molecule has 1 unspecified atom stereocenters. The van der Waals surface area contributed by atoms with Gasteiger partial charge in [-0.1, -0.05) is 12.1 Å². The van der Waals surface area contributed by atoms with Crippen LogP contribution in [0.4, 0.5) is 9.18 Å². The zero-order valence-corrected chi connectivity index (χ0v) is 18.4. The third-order valence-electron chi connectivity index (χ3n) is 5.53. The monoisotopic (exact) mass is 474 g/mol. The Morgan fingerprint density at radius 1 is 1.21 bits per heavy atom. The molecule has 3 heterocycles. The van der Waals surface area contributed by atoms with Gasteiger partial charge < -0.3 is 15.2 Å². The van der Waals surface area contributed by atoms with Gasteiger partial charge in [-0.3, -0.25) is 9.97 Å². The van der Waals surface area contributed by atoms with Crippen LogP contribution in [-0.4, -0.2) is 58.8 Å². The summed E-state index contributed by atoms with van der Waals surface area (Å²) >= 11 is 0. The maximum absolute atomic E-state index is 14.0. The lowest BCUT2D eigenvalue weighted by atomic mass is 10.1. The average molecular weight is 475 g/mol. The Morgan fingerprint density at radius 2 is 2.00 bits per heavy atom. The van der Waals surface area contributed by atoms with Crippen molar-refractivity contribution in [2.45, 2.75) is 25.0 Å². The number of nitrogens with zero attached hydrogens (tertiary/aromatic N) is 3. The smallest absolute Gasteiger partial charge is 0.405 e. The first-order chi connectivity index (χ1) is 15.8. The second-order valence-corrected chi connectivity index (χ2v) is 9.74. The van der Waals surface area contributed by atoms with Crippen LogP contribution in [0.5, 0.6) is 5.75 Å². The van der Waals surface area contributed by atoms with Crippen molar-refractivity contribution < 1.29 is 27.4 Å². The van der Waals surface area contributed by atoms with Crippen LogP contribution in [0.2, 0.25) is 0 Å². The molecule has 1 amide bonds. The highest BCUT2D eigenvalue weighted by atomic mass is 32.2. The number of hydrogen-bond donors (Lipinski definition) is 2.